The summed E-state index contributed by atoms with van der Waals surface area (Å²) in [5.74, 6) is 0.835. The van der Waals surface area contributed by atoms with Gasteiger partial charge in [0.05, 0.1) is 5.69 Å². The van der Waals surface area contributed by atoms with Crippen molar-refractivity contribution in [3.05, 3.63) is 69.1 Å². The largest absolute Gasteiger partial charge is 0.489 e. The Morgan fingerprint density at radius 2 is 1.83 bits per heavy atom. The van der Waals surface area contributed by atoms with E-state index >= 15 is 0 Å². The van der Waals surface area contributed by atoms with Gasteiger partial charge in [0, 0.05) is 12.6 Å². The Labute approximate surface area is 140 Å². The summed E-state index contributed by atoms with van der Waals surface area (Å²) in [5.41, 5.74) is 4.64. The fourth-order valence-electron chi connectivity index (χ4n) is 2.65. The molecule has 0 N–H and O–H groups in total. The molecule has 0 aliphatic heterocycles. The molecule has 6 nitrogen and oxygen atoms in total. The van der Waals surface area contributed by atoms with E-state index in [0.717, 1.165) is 22.4 Å². The van der Waals surface area contributed by atoms with Crippen molar-refractivity contribution in [2.75, 3.05) is 0 Å². The van der Waals surface area contributed by atoms with E-state index in [1.807, 2.05) is 44.2 Å². The summed E-state index contributed by atoms with van der Waals surface area (Å²) in [6, 6.07) is 11.8. The van der Waals surface area contributed by atoms with Crippen molar-refractivity contribution in [3.63, 3.8) is 0 Å². The molecule has 0 saturated carbocycles. The van der Waals surface area contributed by atoms with Crippen molar-refractivity contribution >= 4 is 0 Å². The first-order valence-corrected chi connectivity index (χ1v) is 7.75. The van der Waals surface area contributed by atoms with Crippen LogP contribution < -0.4 is 10.4 Å². The quantitative estimate of drug-likeness (QED) is 0.739. The SMILES string of the molecule is Cc1ccc(OCc2c(C)cccc2-n2nnn(C)c2=O)c(C)c1. The van der Waals surface area contributed by atoms with Crippen LogP contribution in [0.2, 0.25) is 0 Å². The van der Waals surface area contributed by atoms with E-state index in [4.69, 9.17) is 4.74 Å². The van der Waals surface area contributed by atoms with Crippen LogP contribution in [-0.4, -0.2) is 19.8 Å². The van der Waals surface area contributed by atoms with Crippen molar-refractivity contribution in [2.45, 2.75) is 27.4 Å². The van der Waals surface area contributed by atoms with Gasteiger partial charge in [-0.05, 0) is 54.5 Å². The number of tetrazole rings is 1. The molecule has 0 fully saturated rings. The van der Waals surface area contributed by atoms with E-state index in [-0.39, 0.29) is 5.69 Å². The monoisotopic (exact) mass is 324 g/mol. The number of benzene rings is 2. The number of ether oxygens (including phenoxy) is 1. The van der Waals surface area contributed by atoms with Crippen LogP contribution >= 0.6 is 0 Å². The third-order valence-corrected chi connectivity index (χ3v) is 4.04. The molecule has 0 radical (unpaired) electrons. The molecule has 0 amide bonds. The lowest BCUT2D eigenvalue weighted by molar-refractivity contribution is 0.302. The lowest BCUT2D eigenvalue weighted by Gasteiger charge is -2.14. The van der Waals surface area contributed by atoms with Gasteiger partial charge in [0.15, 0.2) is 0 Å². The topological polar surface area (TPSA) is 61.9 Å². The lowest BCUT2D eigenvalue weighted by atomic mass is 10.1. The number of hydrogen-bond donors (Lipinski definition) is 0. The van der Waals surface area contributed by atoms with Crippen LogP contribution in [0.3, 0.4) is 0 Å². The van der Waals surface area contributed by atoms with E-state index in [9.17, 15) is 4.79 Å². The Morgan fingerprint density at radius 1 is 1.04 bits per heavy atom. The first kappa shape index (κ1) is 16.0. The van der Waals surface area contributed by atoms with Crippen molar-refractivity contribution in [1.29, 1.82) is 0 Å². The lowest BCUT2D eigenvalue weighted by Crippen LogP contribution is -2.23. The van der Waals surface area contributed by atoms with E-state index < -0.39 is 0 Å². The molecule has 0 spiro atoms. The maximum Gasteiger partial charge on any atom is 0.368 e. The van der Waals surface area contributed by atoms with Crippen molar-refractivity contribution in [2.24, 2.45) is 7.05 Å². The molecule has 0 atom stereocenters. The molecule has 2 aromatic carbocycles. The molecular formula is C18H20N4O2. The molecule has 0 aliphatic rings. The van der Waals surface area contributed by atoms with E-state index in [0.29, 0.717) is 12.3 Å². The number of rotatable bonds is 4. The summed E-state index contributed by atoms with van der Waals surface area (Å²) in [4.78, 5) is 12.2. The molecular weight excluding hydrogens is 304 g/mol. The average molecular weight is 324 g/mol. The van der Waals surface area contributed by atoms with Crippen LogP contribution in [0, 0.1) is 20.8 Å². The molecule has 0 unspecified atom stereocenters. The van der Waals surface area contributed by atoms with Gasteiger partial charge in [-0.2, -0.15) is 9.36 Å². The summed E-state index contributed by atoms with van der Waals surface area (Å²) in [6.07, 6.45) is 0. The number of nitrogens with zero attached hydrogens (tertiary/aromatic N) is 4. The van der Waals surface area contributed by atoms with Gasteiger partial charge in [0.2, 0.25) is 0 Å². The van der Waals surface area contributed by atoms with Gasteiger partial charge < -0.3 is 4.74 Å². The van der Waals surface area contributed by atoms with Crippen molar-refractivity contribution in [1.82, 2.24) is 19.8 Å². The molecule has 1 aromatic heterocycles. The van der Waals surface area contributed by atoms with Crippen LogP contribution in [0.5, 0.6) is 5.75 Å². The van der Waals surface area contributed by atoms with Crippen molar-refractivity contribution in [3.8, 4) is 11.4 Å². The predicted octanol–water partition coefficient (Wildman–Crippen LogP) is 2.47. The zero-order valence-electron chi connectivity index (χ0n) is 14.3. The van der Waals surface area contributed by atoms with Gasteiger partial charge in [-0.15, -0.1) is 0 Å². The van der Waals surface area contributed by atoms with E-state index in [1.54, 1.807) is 7.05 Å². The van der Waals surface area contributed by atoms with Gasteiger partial charge >= 0.3 is 5.69 Å². The Bertz CT molecular complexity index is 940. The zero-order chi connectivity index (χ0) is 17.3. The molecule has 0 bridgehead atoms. The van der Waals surface area contributed by atoms with Gasteiger partial charge in [-0.25, -0.2) is 4.79 Å². The first-order chi connectivity index (χ1) is 11.5. The summed E-state index contributed by atoms with van der Waals surface area (Å²) in [7, 11) is 1.58. The first-order valence-electron chi connectivity index (χ1n) is 7.75. The Morgan fingerprint density at radius 3 is 2.50 bits per heavy atom. The van der Waals surface area contributed by atoms with Crippen molar-refractivity contribution < 1.29 is 4.74 Å². The highest BCUT2D eigenvalue weighted by Gasteiger charge is 2.13. The zero-order valence-corrected chi connectivity index (χ0v) is 14.3. The fraction of sp³-hybridized carbons (Fsp3) is 0.278. The second kappa shape index (κ2) is 6.31. The van der Waals surface area contributed by atoms with Gasteiger partial charge in [0.25, 0.3) is 0 Å². The summed E-state index contributed by atoms with van der Waals surface area (Å²) < 4.78 is 8.50. The highest BCUT2D eigenvalue weighted by molar-refractivity contribution is 5.45. The normalized spacial score (nSPS) is 10.8. The van der Waals surface area contributed by atoms with E-state index in [2.05, 4.69) is 23.4 Å². The molecule has 1 heterocycles. The number of aryl methyl sites for hydroxylation is 4. The summed E-state index contributed by atoms with van der Waals surface area (Å²) >= 11 is 0. The van der Waals surface area contributed by atoms with Crippen LogP contribution in [0.15, 0.2) is 41.2 Å². The molecule has 24 heavy (non-hydrogen) atoms. The molecule has 0 saturated heterocycles. The third kappa shape index (κ3) is 2.95. The number of aromatic nitrogens is 4. The predicted molar refractivity (Wildman–Crippen MR) is 91.6 cm³/mol. The Hall–Kier alpha value is -2.89. The third-order valence-electron chi connectivity index (χ3n) is 4.04. The minimum atomic E-state index is -0.284. The Balaban J connectivity index is 1.96. The molecule has 124 valence electrons. The fourth-order valence-corrected chi connectivity index (χ4v) is 2.65. The van der Waals surface area contributed by atoms with Crippen LogP contribution in [0.25, 0.3) is 5.69 Å². The molecule has 3 rings (SSSR count). The second-order valence-corrected chi connectivity index (χ2v) is 5.93. The van der Waals surface area contributed by atoms with Gasteiger partial charge in [0.1, 0.15) is 12.4 Å². The minimum Gasteiger partial charge on any atom is -0.489 e. The van der Waals surface area contributed by atoms with Crippen LogP contribution in [-0.2, 0) is 13.7 Å². The average Bonchev–Trinajstić information content (AvgIpc) is 2.87. The summed E-state index contributed by atoms with van der Waals surface area (Å²) in [5, 5.41) is 7.71. The molecule has 3 aromatic rings. The standard InChI is InChI=1S/C18H20N4O2/c1-12-8-9-17(14(3)10-12)24-11-15-13(2)6-5-7-16(15)22-18(23)21(4)19-20-22/h5-10H,11H2,1-4H3. The maximum atomic E-state index is 12.2. The minimum absolute atomic E-state index is 0.284. The smallest absolute Gasteiger partial charge is 0.368 e. The number of hydrogen-bond acceptors (Lipinski definition) is 4. The molecule has 0 aliphatic carbocycles. The summed E-state index contributed by atoms with van der Waals surface area (Å²) in [6.45, 7) is 6.42. The highest BCUT2D eigenvalue weighted by Crippen LogP contribution is 2.23. The highest BCUT2D eigenvalue weighted by atomic mass is 16.5. The Kier molecular flexibility index (Phi) is 4.20. The van der Waals surface area contributed by atoms with Crippen LogP contribution in [0.4, 0.5) is 0 Å². The van der Waals surface area contributed by atoms with Crippen LogP contribution in [0.1, 0.15) is 22.3 Å². The maximum absolute atomic E-state index is 12.2. The second-order valence-electron chi connectivity index (χ2n) is 5.93. The van der Waals surface area contributed by atoms with Gasteiger partial charge in [-0.1, -0.05) is 29.8 Å². The molecule has 6 heteroatoms. The van der Waals surface area contributed by atoms with Gasteiger partial charge in [-0.3, -0.25) is 0 Å². The van der Waals surface area contributed by atoms with E-state index in [1.165, 1.54) is 14.9 Å².